The number of carbonyl (C=O) groups excluding carboxylic acids is 1. The number of hydrogen-bond acceptors (Lipinski definition) is 4. The quantitative estimate of drug-likeness (QED) is 0.442. The van der Waals surface area contributed by atoms with Gasteiger partial charge in [0, 0.05) is 5.92 Å². The van der Waals surface area contributed by atoms with E-state index in [0.717, 1.165) is 0 Å². The van der Waals surface area contributed by atoms with E-state index in [0.29, 0.717) is 12.8 Å². The summed E-state index contributed by atoms with van der Waals surface area (Å²) in [6, 6.07) is 0. The molecule has 0 spiro atoms. The summed E-state index contributed by atoms with van der Waals surface area (Å²) >= 11 is 0. The molecule has 1 heterocycles. The Morgan fingerprint density at radius 3 is 2.32 bits per heavy atom. The number of hydroxylamine groups is 3. The minimum Gasteiger partial charge on any atom is -0.621 e. The molecule has 2 N–H and O–H groups in total. The number of carbonyl (C=O) groups is 2. The second-order valence-electron chi connectivity index (χ2n) is 4.95. The van der Waals surface area contributed by atoms with Crippen LogP contribution in [0.15, 0.2) is 0 Å². The summed E-state index contributed by atoms with van der Waals surface area (Å²) in [4.78, 5) is 23.5. The van der Waals surface area contributed by atoms with Gasteiger partial charge in [0.15, 0.2) is 0 Å². The predicted octanol–water partition coefficient (Wildman–Crippen LogP) is 1.04. The van der Waals surface area contributed by atoms with Gasteiger partial charge in [-0.1, -0.05) is 27.7 Å². The van der Waals surface area contributed by atoms with E-state index in [2.05, 4.69) is 0 Å². The molecule has 108 valence electrons. The van der Waals surface area contributed by atoms with Crippen LogP contribution in [0.4, 0.5) is 0 Å². The topological polar surface area (TPSA) is 104 Å². The third-order valence-electron chi connectivity index (χ3n) is 3.96. The summed E-state index contributed by atoms with van der Waals surface area (Å²) in [6.45, 7) is 6.66. The number of hydrogen-bond donors (Lipinski definition) is 2. The highest BCUT2D eigenvalue weighted by Crippen LogP contribution is 2.34. The SMILES string of the molecule is CC[C@H](C)C1=[N+]([O-])[C@@](C(=O)O)([C@@H](C)CC)N(O)C1=O. The van der Waals surface area contributed by atoms with Crippen molar-refractivity contribution in [2.24, 2.45) is 11.8 Å². The maximum atomic E-state index is 12.4. The molecule has 0 bridgehead atoms. The van der Waals surface area contributed by atoms with Gasteiger partial charge in [0.25, 0.3) is 5.71 Å². The third kappa shape index (κ3) is 1.88. The highest BCUT2D eigenvalue weighted by molar-refractivity contribution is 6.38. The Kier molecular flexibility index (Phi) is 4.19. The molecular weight excluding hydrogens is 252 g/mol. The molecule has 0 aliphatic carbocycles. The molecule has 0 saturated carbocycles. The summed E-state index contributed by atoms with van der Waals surface area (Å²) in [5.41, 5.74) is -2.46. The van der Waals surface area contributed by atoms with Crippen LogP contribution in [-0.4, -0.2) is 43.4 Å². The molecular formula is C12H20N2O5. The van der Waals surface area contributed by atoms with E-state index in [-0.39, 0.29) is 15.5 Å². The van der Waals surface area contributed by atoms with Gasteiger partial charge in [0.05, 0.1) is 5.92 Å². The Hall–Kier alpha value is -1.63. The molecule has 1 amide bonds. The molecule has 0 aromatic heterocycles. The summed E-state index contributed by atoms with van der Waals surface area (Å²) < 4.78 is 0.181. The van der Waals surface area contributed by atoms with Crippen LogP contribution in [0.1, 0.15) is 40.5 Å². The Morgan fingerprint density at radius 2 is 1.95 bits per heavy atom. The van der Waals surface area contributed by atoms with E-state index in [1.54, 1.807) is 20.8 Å². The maximum Gasteiger partial charge on any atom is 0.403 e. The Balaban J connectivity index is 3.52. The number of nitrogens with zero attached hydrogens (tertiary/aromatic N) is 2. The third-order valence-corrected chi connectivity index (χ3v) is 3.96. The fourth-order valence-corrected chi connectivity index (χ4v) is 2.31. The molecule has 3 atom stereocenters. The van der Waals surface area contributed by atoms with E-state index >= 15 is 0 Å². The smallest absolute Gasteiger partial charge is 0.403 e. The van der Waals surface area contributed by atoms with E-state index in [9.17, 15) is 25.1 Å². The minimum atomic E-state index is -2.26. The van der Waals surface area contributed by atoms with Gasteiger partial charge < -0.3 is 10.3 Å². The normalized spacial score (nSPS) is 26.8. The summed E-state index contributed by atoms with van der Waals surface area (Å²) in [6.07, 6.45) is 0.840. The average molecular weight is 272 g/mol. The highest BCUT2D eigenvalue weighted by Gasteiger charge is 2.66. The molecule has 1 rings (SSSR count). The molecule has 7 nitrogen and oxygen atoms in total. The molecule has 0 aromatic rings. The lowest BCUT2D eigenvalue weighted by Crippen LogP contribution is -2.60. The number of carboxylic acids is 1. The van der Waals surface area contributed by atoms with E-state index < -0.39 is 29.4 Å². The zero-order valence-corrected chi connectivity index (χ0v) is 11.6. The lowest BCUT2D eigenvalue weighted by Gasteiger charge is -2.31. The fraction of sp³-hybridized carbons (Fsp3) is 0.750. The zero-order chi connectivity index (χ0) is 15.0. The van der Waals surface area contributed by atoms with Crippen molar-refractivity contribution in [3.05, 3.63) is 5.21 Å². The van der Waals surface area contributed by atoms with Crippen molar-refractivity contribution < 1.29 is 24.6 Å². The van der Waals surface area contributed by atoms with Crippen molar-refractivity contribution in [2.75, 3.05) is 0 Å². The number of carboxylic acid groups (broad SMARTS) is 1. The molecule has 0 aromatic carbocycles. The molecule has 0 saturated heterocycles. The lowest BCUT2D eigenvalue weighted by molar-refractivity contribution is -0.582. The van der Waals surface area contributed by atoms with Gasteiger partial charge in [-0.15, -0.1) is 5.06 Å². The Labute approximate surface area is 111 Å². The number of rotatable bonds is 5. The average Bonchev–Trinajstić information content (AvgIpc) is 2.57. The van der Waals surface area contributed by atoms with Crippen LogP contribution in [0.5, 0.6) is 0 Å². The van der Waals surface area contributed by atoms with E-state index in [1.807, 2.05) is 0 Å². The van der Waals surface area contributed by atoms with Crippen molar-refractivity contribution in [3.8, 4) is 0 Å². The van der Waals surface area contributed by atoms with Gasteiger partial charge in [-0.2, -0.15) is 4.74 Å². The molecule has 19 heavy (non-hydrogen) atoms. The van der Waals surface area contributed by atoms with Crippen LogP contribution in [0.2, 0.25) is 0 Å². The first kappa shape index (κ1) is 15.4. The number of amides is 1. The first-order valence-electron chi connectivity index (χ1n) is 6.37. The second-order valence-corrected chi connectivity index (χ2v) is 4.95. The van der Waals surface area contributed by atoms with Gasteiger partial charge in [-0.3, -0.25) is 10.0 Å². The van der Waals surface area contributed by atoms with Gasteiger partial charge in [-0.05, 0) is 12.8 Å². The van der Waals surface area contributed by atoms with Gasteiger partial charge in [0.2, 0.25) is 0 Å². The van der Waals surface area contributed by atoms with Crippen molar-refractivity contribution in [3.63, 3.8) is 0 Å². The van der Waals surface area contributed by atoms with Gasteiger partial charge in [-0.25, -0.2) is 4.79 Å². The summed E-state index contributed by atoms with van der Waals surface area (Å²) in [5, 5.41) is 31.7. The van der Waals surface area contributed by atoms with Gasteiger partial charge >= 0.3 is 17.5 Å². The largest absolute Gasteiger partial charge is 0.621 e. The predicted molar refractivity (Wildman–Crippen MR) is 66.5 cm³/mol. The van der Waals surface area contributed by atoms with Crippen LogP contribution in [0, 0.1) is 17.0 Å². The van der Waals surface area contributed by atoms with E-state index in [4.69, 9.17) is 0 Å². The van der Waals surface area contributed by atoms with Crippen molar-refractivity contribution in [2.45, 2.75) is 46.2 Å². The Morgan fingerprint density at radius 1 is 1.42 bits per heavy atom. The molecule has 7 heteroatoms. The van der Waals surface area contributed by atoms with Crippen molar-refractivity contribution in [1.82, 2.24) is 5.06 Å². The molecule has 1 aliphatic rings. The summed E-state index contributed by atoms with van der Waals surface area (Å²) in [5.74, 6) is -3.57. The van der Waals surface area contributed by atoms with Crippen LogP contribution in [0.25, 0.3) is 0 Å². The molecule has 1 aliphatic heterocycles. The van der Waals surface area contributed by atoms with Crippen molar-refractivity contribution >= 4 is 17.6 Å². The van der Waals surface area contributed by atoms with Crippen LogP contribution in [0.3, 0.4) is 0 Å². The van der Waals surface area contributed by atoms with Crippen LogP contribution < -0.4 is 0 Å². The first-order chi connectivity index (χ1) is 8.76. The second kappa shape index (κ2) is 5.16. The van der Waals surface area contributed by atoms with Crippen LogP contribution >= 0.6 is 0 Å². The molecule has 0 fully saturated rings. The monoisotopic (exact) mass is 272 g/mol. The first-order valence-corrected chi connectivity index (χ1v) is 6.37. The fourth-order valence-electron chi connectivity index (χ4n) is 2.31. The highest BCUT2D eigenvalue weighted by atomic mass is 16.6. The zero-order valence-electron chi connectivity index (χ0n) is 11.6. The van der Waals surface area contributed by atoms with Gasteiger partial charge in [0.1, 0.15) is 0 Å². The maximum absolute atomic E-state index is 12.4. The van der Waals surface area contributed by atoms with E-state index in [1.165, 1.54) is 6.92 Å². The number of aliphatic carboxylic acids is 1. The minimum absolute atomic E-state index is 0.0813. The molecule has 0 unspecified atom stereocenters. The van der Waals surface area contributed by atoms with Crippen LogP contribution in [-0.2, 0) is 9.59 Å². The lowest BCUT2D eigenvalue weighted by atomic mass is 9.92. The van der Waals surface area contributed by atoms with Crippen molar-refractivity contribution in [1.29, 1.82) is 0 Å². The summed E-state index contributed by atoms with van der Waals surface area (Å²) in [7, 11) is 0. The molecule has 0 radical (unpaired) electrons. The Bertz CT molecular complexity index is 434. The standard InChI is InChI=1S/C12H20N2O5/c1-5-7(3)9-10(15)14(19)12(11(16)17,13(9)18)8(4)6-2/h7-8,19H,5-6H2,1-4H3,(H,16,17)/t7-,8-,12-/m0/s1.